The Morgan fingerprint density at radius 3 is 2.55 bits per heavy atom. The van der Waals surface area contributed by atoms with Crippen molar-refractivity contribution in [3.8, 4) is 5.75 Å². The van der Waals surface area contributed by atoms with Crippen molar-refractivity contribution in [2.24, 2.45) is 11.7 Å². The molecule has 0 spiro atoms. The molecule has 1 fully saturated rings. The van der Waals surface area contributed by atoms with E-state index in [2.05, 4.69) is 38.8 Å². The van der Waals surface area contributed by atoms with E-state index in [0.717, 1.165) is 56.0 Å². The number of nitrogens with one attached hydrogen (secondary N) is 2. The van der Waals surface area contributed by atoms with Gasteiger partial charge in [0.15, 0.2) is 5.82 Å². The maximum atomic E-state index is 13.1. The van der Waals surface area contributed by atoms with Crippen LogP contribution in [0.25, 0.3) is 0 Å². The second kappa shape index (κ2) is 12.9. The maximum Gasteiger partial charge on any atom is 0.229 e. The number of anilines is 4. The molecule has 0 aliphatic heterocycles. The molecule has 1 aromatic heterocycles. The molecule has 0 bridgehead atoms. The van der Waals surface area contributed by atoms with Crippen LogP contribution in [0.15, 0.2) is 42.6 Å². The minimum absolute atomic E-state index is 0.269. The van der Waals surface area contributed by atoms with Crippen LogP contribution in [0.2, 0.25) is 5.02 Å². The largest absolute Gasteiger partial charge is 0.490 e. The molecule has 2 aliphatic rings. The fourth-order valence-corrected chi connectivity index (χ4v) is 6.66. The van der Waals surface area contributed by atoms with Gasteiger partial charge in [-0.25, -0.2) is 4.98 Å². The Morgan fingerprint density at radius 2 is 1.80 bits per heavy atom. The second-order valence-corrected chi connectivity index (χ2v) is 15.1. The van der Waals surface area contributed by atoms with Crippen LogP contribution in [0.5, 0.6) is 5.75 Å². The van der Waals surface area contributed by atoms with Crippen LogP contribution in [0, 0.1) is 5.92 Å². The minimum atomic E-state index is -2.60. The Labute approximate surface area is 243 Å². The normalized spacial score (nSPS) is 17.1. The topological polar surface area (TPSA) is 102 Å². The highest BCUT2D eigenvalue weighted by Crippen LogP contribution is 2.41. The number of hydrogen-bond donors (Lipinski definition) is 3. The number of ether oxygens (including phenoxy) is 1. The molecule has 0 unspecified atom stereocenters. The molecule has 4 N–H and O–H groups in total. The summed E-state index contributed by atoms with van der Waals surface area (Å²) in [5.74, 6) is 2.43. The molecule has 9 heteroatoms. The van der Waals surface area contributed by atoms with Crippen LogP contribution < -0.4 is 26.4 Å². The summed E-state index contributed by atoms with van der Waals surface area (Å²) in [5, 5.41) is 7.75. The predicted molar refractivity (Wildman–Crippen MR) is 167 cm³/mol. The molecule has 7 nitrogen and oxygen atoms in total. The van der Waals surface area contributed by atoms with Crippen LogP contribution in [0.3, 0.4) is 0 Å². The first kappa shape index (κ1) is 28.9. The number of aromatic nitrogens is 2. The Balaban J connectivity index is 1.28. The van der Waals surface area contributed by atoms with Crippen molar-refractivity contribution < 1.29 is 9.30 Å². The lowest BCUT2D eigenvalue weighted by molar-refractivity contribution is 0.303. The SMILES string of the molecule is CP(C)(=O)c1cc(OC2CC2)ccc1Nc1nc(Nc2ccc3c(c2)CC[C@@H](CCCCCN)CC3)ncc1Cl. The maximum absolute atomic E-state index is 13.1. The molecule has 40 heavy (non-hydrogen) atoms. The summed E-state index contributed by atoms with van der Waals surface area (Å²) in [4.78, 5) is 9.08. The zero-order valence-electron chi connectivity index (χ0n) is 23.6. The highest BCUT2D eigenvalue weighted by molar-refractivity contribution is 7.70. The van der Waals surface area contributed by atoms with Crippen molar-refractivity contribution in [2.75, 3.05) is 30.5 Å². The van der Waals surface area contributed by atoms with Crippen LogP contribution in [0.1, 0.15) is 62.5 Å². The van der Waals surface area contributed by atoms with E-state index in [1.54, 1.807) is 19.5 Å². The number of unbranched alkanes of at least 4 members (excludes halogenated alkanes) is 2. The Hall–Kier alpha value is -2.60. The lowest BCUT2D eigenvalue weighted by Crippen LogP contribution is -2.12. The smallest absolute Gasteiger partial charge is 0.229 e. The number of fused-ring (bicyclic) bond motifs is 1. The number of nitrogens with two attached hydrogens (primary N) is 1. The van der Waals surface area contributed by atoms with Gasteiger partial charge in [0.25, 0.3) is 0 Å². The van der Waals surface area contributed by atoms with Gasteiger partial charge in [0.1, 0.15) is 17.9 Å². The second-order valence-electron chi connectivity index (χ2n) is 11.6. The molecule has 214 valence electrons. The average molecular weight is 582 g/mol. The molecule has 3 aromatic rings. The molecule has 5 rings (SSSR count). The number of nitrogens with zero attached hydrogens (tertiary/aromatic N) is 2. The highest BCUT2D eigenvalue weighted by atomic mass is 35.5. The third-order valence-corrected chi connectivity index (χ3v) is 9.60. The number of rotatable bonds is 12. The number of aryl methyl sites for hydroxylation is 2. The quantitative estimate of drug-likeness (QED) is 0.116. The molecular weight excluding hydrogens is 541 g/mol. The van der Waals surface area contributed by atoms with Crippen LogP contribution >= 0.6 is 18.7 Å². The van der Waals surface area contributed by atoms with Gasteiger partial charge < -0.3 is 25.7 Å². The van der Waals surface area contributed by atoms with Gasteiger partial charge in [-0.1, -0.05) is 36.9 Å². The molecule has 1 heterocycles. The first-order valence-electron chi connectivity index (χ1n) is 14.5. The first-order valence-corrected chi connectivity index (χ1v) is 17.5. The number of halogens is 1. The van der Waals surface area contributed by atoms with E-state index in [1.165, 1.54) is 43.2 Å². The van der Waals surface area contributed by atoms with Crippen LogP contribution in [-0.2, 0) is 17.4 Å². The van der Waals surface area contributed by atoms with Crippen LogP contribution in [0.4, 0.5) is 23.1 Å². The van der Waals surface area contributed by atoms with E-state index >= 15 is 0 Å². The lowest BCUT2D eigenvalue weighted by Gasteiger charge is -2.17. The van der Waals surface area contributed by atoms with Crippen LogP contribution in [-0.4, -0.2) is 35.9 Å². The third kappa shape index (κ3) is 7.78. The van der Waals surface area contributed by atoms with Crippen molar-refractivity contribution in [2.45, 2.75) is 70.3 Å². The van der Waals surface area contributed by atoms with E-state index in [4.69, 9.17) is 22.1 Å². The van der Waals surface area contributed by atoms with Crippen molar-refractivity contribution >= 4 is 47.2 Å². The van der Waals surface area contributed by atoms with Crippen molar-refractivity contribution in [1.29, 1.82) is 0 Å². The molecular formula is C31H41ClN5O2P. The first-order chi connectivity index (χ1) is 19.3. The Morgan fingerprint density at radius 1 is 1.00 bits per heavy atom. The summed E-state index contributed by atoms with van der Waals surface area (Å²) in [5.41, 5.74) is 10.2. The van der Waals surface area contributed by atoms with Crippen molar-refractivity contribution in [3.63, 3.8) is 0 Å². The van der Waals surface area contributed by atoms with E-state index < -0.39 is 7.14 Å². The highest BCUT2D eigenvalue weighted by Gasteiger charge is 2.25. The third-order valence-electron chi connectivity index (χ3n) is 7.80. The van der Waals surface area contributed by atoms with Gasteiger partial charge in [-0.3, -0.25) is 0 Å². The molecule has 0 radical (unpaired) electrons. The minimum Gasteiger partial charge on any atom is -0.490 e. The molecule has 0 saturated heterocycles. The fraction of sp³-hybridized carbons (Fsp3) is 0.484. The molecule has 2 aliphatic carbocycles. The standard InChI is InChI=1S/C31H41ClN5O2P/c1-40(2,38)29-19-26(39-25-13-14-25)15-16-28(29)36-30-27(32)20-34-31(37-30)35-24-12-11-22-9-7-21(6-4-3-5-17-33)8-10-23(22)18-24/h11-12,15-16,18-21,25H,3-10,13-14,17,33H2,1-2H3,(H2,34,35,36,37)/t21-/m0/s1. The molecule has 1 saturated carbocycles. The molecule has 1 atom stereocenters. The zero-order chi connectivity index (χ0) is 28.1. The van der Waals surface area contributed by atoms with E-state index in [0.29, 0.717) is 27.8 Å². The zero-order valence-corrected chi connectivity index (χ0v) is 25.2. The van der Waals surface area contributed by atoms with Gasteiger partial charge >= 0.3 is 0 Å². The molecule has 2 aromatic carbocycles. The Kier molecular flexibility index (Phi) is 9.34. The lowest BCUT2D eigenvalue weighted by atomic mass is 9.93. The monoisotopic (exact) mass is 581 g/mol. The average Bonchev–Trinajstić information content (AvgIpc) is 3.76. The Bertz CT molecular complexity index is 1370. The van der Waals surface area contributed by atoms with E-state index in [1.807, 2.05) is 18.2 Å². The number of benzene rings is 2. The van der Waals surface area contributed by atoms with Gasteiger partial charge in [-0.05, 0) is 112 Å². The van der Waals surface area contributed by atoms with Crippen molar-refractivity contribution in [1.82, 2.24) is 9.97 Å². The molecule has 0 amide bonds. The summed E-state index contributed by atoms with van der Waals surface area (Å²) in [6.45, 7) is 4.31. The van der Waals surface area contributed by atoms with Gasteiger partial charge in [0.05, 0.1) is 18.0 Å². The van der Waals surface area contributed by atoms with E-state index in [9.17, 15) is 4.57 Å². The summed E-state index contributed by atoms with van der Waals surface area (Å²) in [6, 6.07) is 12.2. The van der Waals surface area contributed by atoms with Gasteiger partial charge in [0, 0.05) is 11.0 Å². The summed E-state index contributed by atoms with van der Waals surface area (Å²) < 4.78 is 19.1. The van der Waals surface area contributed by atoms with Gasteiger partial charge in [-0.2, -0.15) is 4.98 Å². The predicted octanol–water partition coefficient (Wildman–Crippen LogP) is 7.42. The van der Waals surface area contributed by atoms with E-state index in [-0.39, 0.29) is 6.10 Å². The number of hydrogen-bond acceptors (Lipinski definition) is 7. The fourth-order valence-electron chi connectivity index (χ4n) is 5.37. The van der Waals surface area contributed by atoms with Gasteiger partial charge in [-0.15, -0.1) is 0 Å². The summed E-state index contributed by atoms with van der Waals surface area (Å²) in [6.07, 6.45) is 13.7. The summed E-state index contributed by atoms with van der Waals surface area (Å²) in [7, 11) is -2.60. The van der Waals surface area contributed by atoms with Crippen molar-refractivity contribution in [3.05, 3.63) is 58.7 Å². The van der Waals surface area contributed by atoms with Gasteiger partial charge in [0.2, 0.25) is 5.95 Å². The summed E-state index contributed by atoms with van der Waals surface area (Å²) >= 11 is 6.49.